The van der Waals surface area contributed by atoms with Crippen LogP contribution >= 0.6 is 0 Å². The fourth-order valence-corrected chi connectivity index (χ4v) is 1.94. The molecule has 0 saturated heterocycles. The Kier molecular flexibility index (Phi) is 10.7. The molecule has 0 saturated carbocycles. The van der Waals surface area contributed by atoms with Crippen molar-refractivity contribution in [2.75, 3.05) is 13.2 Å². The lowest BCUT2D eigenvalue weighted by atomic mass is 9.83. The average molecular weight is 260 g/mol. The van der Waals surface area contributed by atoms with E-state index in [0.29, 0.717) is 18.8 Å². The molecule has 0 aromatic carbocycles. The first-order valence-corrected chi connectivity index (χ1v) is 6.91. The summed E-state index contributed by atoms with van der Waals surface area (Å²) in [7, 11) is -1.20. The van der Waals surface area contributed by atoms with E-state index in [1.54, 1.807) is 0 Å². The molecule has 0 aromatic rings. The second-order valence-corrected chi connectivity index (χ2v) is 5.44. The van der Waals surface area contributed by atoms with Crippen molar-refractivity contribution in [2.24, 2.45) is 11.7 Å². The molecule has 6 heteroatoms. The highest BCUT2D eigenvalue weighted by atomic mass is 16.4. The normalized spacial score (nSPS) is 14.8. The molecule has 0 aromatic heterocycles. The van der Waals surface area contributed by atoms with E-state index in [1.165, 1.54) is 0 Å². The molecule has 18 heavy (non-hydrogen) atoms. The third kappa shape index (κ3) is 11.0. The second-order valence-electron chi connectivity index (χ2n) is 5.44. The zero-order valence-corrected chi connectivity index (χ0v) is 11.7. The number of nitrogens with one attached hydrogen (secondary N) is 1. The van der Waals surface area contributed by atoms with E-state index in [-0.39, 0.29) is 18.7 Å². The van der Waals surface area contributed by atoms with Crippen molar-refractivity contribution in [3.63, 3.8) is 0 Å². The van der Waals surface area contributed by atoms with Gasteiger partial charge in [0.05, 0.1) is 6.61 Å². The summed E-state index contributed by atoms with van der Waals surface area (Å²) in [5, 5.41) is 29.9. The maximum atomic E-state index is 9.20. The molecule has 2 atom stereocenters. The predicted octanol–water partition coefficient (Wildman–Crippen LogP) is -0.0466. The van der Waals surface area contributed by atoms with E-state index in [9.17, 15) is 5.11 Å². The number of aliphatic hydroxyl groups is 1. The number of hydrogen-bond acceptors (Lipinski definition) is 5. The summed E-state index contributed by atoms with van der Waals surface area (Å²) >= 11 is 0. The predicted molar refractivity (Wildman–Crippen MR) is 75.2 cm³/mol. The van der Waals surface area contributed by atoms with Crippen LogP contribution in [0.3, 0.4) is 0 Å². The summed E-state index contributed by atoms with van der Waals surface area (Å²) in [6.07, 6.45) is 3.89. The Balaban J connectivity index is 3.58. The highest BCUT2D eigenvalue weighted by molar-refractivity contribution is 6.40. The number of nitrogens with two attached hydrogens (primary N) is 1. The van der Waals surface area contributed by atoms with E-state index in [2.05, 4.69) is 19.2 Å². The summed E-state index contributed by atoms with van der Waals surface area (Å²) in [5.74, 6) is 0.553. The zero-order valence-electron chi connectivity index (χ0n) is 11.7. The standard InChI is InChI=1S/C12H29BN2O3/c1-10(2)7-12(9-16)15-8-11(14)5-3-4-6-13(17)18/h10-12,15-18H,3-9,14H2,1-2H3. The maximum Gasteiger partial charge on any atom is 0.451 e. The van der Waals surface area contributed by atoms with Crippen molar-refractivity contribution in [3.05, 3.63) is 0 Å². The van der Waals surface area contributed by atoms with Crippen molar-refractivity contribution in [3.8, 4) is 0 Å². The van der Waals surface area contributed by atoms with Crippen molar-refractivity contribution in [1.29, 1.82) is 0 Å². The molecule has 0 spiro atoms. The Morgan fingerprint density at radius 2 is 1.89 bits per heavy atom. The molecule has 2 unspecified atom stereocenters. The Labute approximate surface area is 111 Å². The van der Waals surface area contributed by atoms with Gasteiger partial charge in [-0.25, -0.2) is 0 Å². The lowest BCUT2D eigenvalue weighted by Gasteiger charge is -2.21. The zero-order chi connectivity index (χ0) is 14.0. The Morgan fingerprint density at radius 3 is 2.39 bits per heavy atom. The second kappa shape index (κ2) is 10.8. The van der Waals surface area contributed by atoms with Gasteiger partial charge in [-0.1, -0.05) is 26.7 Å². The monoisotopic (exact) mass is 260 g/mol. The van der Waals surface area contributed by atoms with Crippen LogP contribution in [-0.4, -0.2) is 47.5 Å². The minimum atomic E-state index is -1.20. The van der Waals surface area contributed by atoms with Crippen LogP contribution in [0.2, 0.25) is 6.32 Å². The molecule has 0 rings (SSSR count). The molecule has 108 valence electrons. The molecule has 0 aliphatic rings. The van der Waals surface area contributed by atoms with E-state index < -0.39 is 7.12 Å². The van der Waals surface area contributed by atoms with Crippen molar-refractivity contribution >= 4 is 7.12 Å². The van der Waals surface area contributed by atoms with Gasteiger partial charge >= 0.3 is 7.12 Å². The van der Waals surface area contributed by atoms with Crippen LogP contribution < -0.4 is 11.1 Å². The Hall–Kier alpha value is -0.135. The van der Waals surface area contributed by atoms with E-state index in [0.717, 1.165) is 25.7 Å². The topological polar surface area (TPSA) is 98.7 Å². The molecular formula is C12H29BN2O3. The maximum absolute atomic E-state index is 9.20. The molecule has 0 amide bonds. The van der Waals surface area contributed by atoms with Gasteiger partial charge in [-0.3, -0.25) is 0 Å². The molecular weight excluding hydrogens is 231 g/mol. The van der Waals surface area contributed by atoms with Crippen LogP contribution in [0.5, 0.6) is 0 Å². The fraction of sp³-hybridized carbons (Fsp3) is 1.00. The van der Waals surface area contributed by atoms with Crippen LogP contribution in [0.15, 0.2) is 0 Å². The number of unbranched alkanes of at least 4 members (excludes halogenated alkanes) is 1. The molecule has 0 fully saturated rings. The van der Waals surface area contributed by atoms with Crippen molar-refractivity contribution in [1.82, 2.24) is 5.32 Å². The number of rotatable bonds is 11. The molecule has 6 N–H and O–H groups in total. The van der Waals surface area contributed by atoms with Crippen LogP contribution in [0.1, 0.15) is 39.5 Å². The van der Waals surface area contributed by atoms with Gasteiger partial charge < -0.3 is 26.2 Å². The molecule has 0 radical (unpaired) electrons. The highest BCUT2D eigenvalue weighted by Crippen LogP contribution is 2.06. The summed E-state index contributed by atoms with van der Waals surface area (Å²) in [6, 6.07) is 0.178. The third-order valence-electron chi connectivity index (χ3n) is 2.93. The van der Waals surface area contributed by atoms with E-state index in [4.69, 9.17) is 15.8 Å². The summed E-state index contributed by atoms with van der Waals surface area (Å²) in [5.41, 5.74) is 5.96. The van der Waals surface area contributed by atoms with E-state index in [1.807, 2.05) is 0 Å². The third-order valence-corrected chi connectivity index (χ3v) is 2.93. The molecule has 0 aliphatic heterocycles. The minimum absolute atomic E-state index is 0.0575. The van der Waals surface area contributed by atoms with Crippen molar-refractivity contribution in [2.45, 2.75) is 57.9 Å². The summed E-state index contributed by atoms with van der Waals surface area (Å²) < 4.78 is 0. The lowest BCUT2D eigenvalue weighted by molar-refractivity contribution is 0.222. The molecule has 0 bridgehead atoms. The van der Waals surface area contributed by atoms with Gasteiger partial charge in [-0.2, -0.15) is 0 Å². The van der Waals surface area contributed by atoms with Crippen molar-refractivity contribution < 1.29 is 15.2 Å². The van der Waals surface area contributed by atoms with Gasteiger partial charge in [0.1, 0.15) is 0 Å². The van der Waals surface area contributed by atoms with Crippen LogP contribution in [-0.2, 0) is 0 Å². The SMILES string of the molecule is CC(C)CC(CO)NCC(N)CCCCB(O)O. The first kappa shape index (κ1) is 17.9. The quantitative estimate of drug-likeness (QED) is 0.265. The van der Waals surface area contributed by atoms with Gasteiger partial charge in [0.2, 0.25) is 0 Å². The van der Waals surface area contributed by atoms with E-state index >= 15 is 0 Å². The fourth-order valence-electron chi connectivity index (χ4n) is 1.94. The Bertz CT molecular complexity index is 194. The largest absolute Gasteiger partial charge is 0.451 e. The first-order valence-electron chi connectivity index (χ1n) is 6.91. The molecule has 0 heterocycles. The molecule has 0 aliphatic carbocycles. The summed E-state index contributed by atoms with van der Waals surface area (Å²) in [6.45, 7) is 5.09. The summed E-state index contributed by atoms with van der Waals surface area (Å²) in [4.78, 5) is 0. The van der Waals surface area contributed by atoms with Crippen LogP contribution in [0, 0.1) is 5.92 Å². The minimum Gasteiger partial charge on any atom is -0.427 e. The van der Waals surface area contributed by atoms with Crippen LogP contribution in [0.25, 0.3) is 0 Å². The number of aliphatic hydroxyl groups excluding tert-OH is 1. The van der Waals surface area contributed by atoms with Gasteiger partial charge in [-0.15, -0.1) is 0 Å². The molecule has 5 nitrogen and oxygen atoms in total. The van der Waals surface area contributed by atoms with Gasteiger partial charge in [0, 0.05) is 18.6 Å². The first-order chi connectivity index (χ1) is 8.45. The van der Waals surface area contributed by atoms with Gasteiger partial charge in [0.25, 0.3) is 0 Å². The van der Waals surface area contributed by atoms with Gasteiger partial charge in [-0.05, 0) is 25.1 Å². The Morgan fingerprint density at radius 1 is 1.22 bits per heavy atom. The van der Waals surface area contributed by atoms with Crippen LogP contribution in [0.4, 0.5) is 0 Å². The lowest BCUT2D eigenvalue weighted by Crippen LogP contribution is -2.41. The highest BCUT2D eigenvalue weighted by Gasteiger charge is 2.11. The van der Waals surface area contributed by atoms with Gasteiger partial charge in [0.15, 0.2) is 0 Å². The smallest absolute Gasteiger partial charge is 0.427 e. The average Bonchev–Trinajstić information content (AvgIpc) is 2.29. The number of hydrogen-bond donors (Lipinski definition) is 5.